The number of anilines is 3. The van der Waals surface area contributed by atoms with Crippen LogP contribution in [0.15, 0.2) is 83.8 Å². The maximum Gasteiger partial charge on any atom is 0.261 e. The SMILES string of the molecule is CS(=O)(=O)N(CCCC(=O)Nc1ccc(S(=O)(=O)Nc2ccccc2)cc1)c1ccc(Cl)cc1. The highest BCUT2D eigenvalue weighted by Gasteiger charge is 2.18. The van der Waals surface area contributed by atoms with Crippen molar-refractivity contribution < 1.29 is 21.6 Å². The second kappa shape index (κ2) is 10.9. The molecule has 0 aliphatic carbocycles. The number of benzene rings is 3. The lowest BCUT2D eigenvalue weighted by molar-refractivity contribution is -0.116. The molecule has 0 spiro atoms. The number of amides is 1. The molecule has 1 amide bonds. The van der Waals surface area contributed by atoms with Crippen LogP contribution in [0.3, 0.4) is 0 Å². The molecule has 0 aromatic heterocycles. The van der Waals surface area contributed by atoms with Crippen LogP contribution < -0.4 is 14.3 Å². The van der Waals surface area contributed by atoms with Crippen LogP contribution in [0.25, 0.3) is 0 Å². The van der Waals surface area contributed by atoms with Crippen molar-refractivity contribution in [2.75, 3.05) is 27.1 Å². The minimum absolute atomic E-state index is 0.0566. The normalized spacial score (nSPS) is 11.6. The van der Waals surface area contributed by atoms with Crippen molar-refractivity contribution in [3.05, 3.63) is 83.9 Å². The second-order valence-electron chi connectivity index (χ2n) is 7.46. The van der Waals surface area contributed by atoms with E-state index in [9.17, 15) is 21.6 Å². The molecule has 3 rings (SSSR count). The molecule has 3 aromatic carbocycles. The van der Waals surface area contributed by atoms with Crippen molar-refractivity contribution in [2.45, 2.75) is 17.7 Å². The first-order valence-electron chi connectivity index (χ1n) is 10.3. The van der Waals surface area contributed by atoms with Gasteiger partial charge in [0.2, 0.25) is 15.9 Å². The summed E-state index contributed by atoms with van der Waals surface area (Å²) in [5.41, 5.74) is 1.34. The molecule has 0 aliphatic heterocycles. The number of carbonyl (C=O) groups excluding carboxylic acids is 1. The van der Waals surface area contributed by atoms with Crippen LogP contribution in [0.4, 0.5) is 17.1 Å². The molecule has 0 bridgehead atoms. The minimum atomic E-state index is -3.76. The summed E-state index contributed by atoms with van der Waals surface area (Å²) in [6, 6.07) is 20.7. The van der Waals surface area contributed by atoms with Crippen LogP contribution in [-0.4, -0.2) is 35.5 Å². The van der Waals surface area contributed by atoms with E-state index in [1.54, 1.807) is 54.6 Å². The summed E-state index contributed by atoms with van der Waals surface area (Å²) in [6.07, 6.45) is 1.47. The average Bonchev–Trinajstić information content (AvgIpc) is 2.77. The van der Waals surface area contributed by atoms with E-state index >= 15 is 0 Å². The summed E-state index contributed by atoms with van der Waals surface area (Å²) in [5, 5.41) is 3.18. The quantitative estimate of drug-likeness (QED) is 0.412. The zero-order valence-corrected chi connectivity index (χ0v) is 20.7. The average molecular weight is 522 g/mol. The van der Waals surface area contributed by atoms with Crippen LogP contribution in [0, 0.1) is 0 Å². The fourth-order valence-corrected chi connectivity index (χ4v) is 5.29. The topological polar surface area (TPSA) is 113 Å². The Hall–Kier alpha value is -3.08. The largest absolute Gasteiger partial charge is 0.326 e. The molecule has 0 fully saturated rings. The van der Waals surface area contributed by atoms with E-state index < -0.39 is 20.0 Å². The summed E-state index contributed by atoms with van der Waals surface area (Å²) < 4.78 is 53.0. The zero-order chi connectivity index (χ0) is 24.8. The highest BCUT2D eigenvalue weighted by molar-refractivity contribution is 7.92. The minimum Gasteiger partial charge on any atom is -0.326 e. The maximum atomic E-state index is 12.5. The van der Waals surface area contributed by atoms with Gasteiger partial charge < -0.3 is 5.32 Å². The Bertz CT molecular complexity index is 1330. The Morgan fingerprint density at radius 2 is 1.47 bits per heavy atom. The number of para-hydroxylation sites is 1. The zero-order valence-electron chi connectivity index (χ0n) is 18.3. The fraction of sp³-hybridized carbons (Fsp3) is 0.174. The van der Waals surface area contributed by atoms with Gasteiger partial charge in [-0.3, -0.25) is 13.8 Å². The van der Waals surface area contributed by atoms with Gasteiger partial charge in [-0.25, -0.2) is 16.8 Å². The summed E-state index contributed by atoms with van der Waals surface area (Å²) in [4.78, 5) is 12.4. The van der Waals surface area contributed by atoms with Gasteiger partial charge in [-0.2, -0.15) is 0 Å². The fourth-order valence-electron chi connectivity index (χ4n) is 3.14. The highest BCUT2D eigenvalue weighted by atomic mass is 35.5. The van der Waals surface area contributed by atoms with E-state index in [1.807, 2.05) is 0 Å². The van der Waals surface area contributed by atoms with Crippen LogP contribution in [0.5, 0.6) is 0 Å². The van der Waals surface area contributed by atoms with Crippen molar-refractivity contribution in [3.63, 3.8) is 0 Å². The van der Waals surface area contributed by atoms with Crippen molar-refractivity contribution in [3.8, 4) is 0 Å². The van der Waals surface area contributed by atoms with Gasteiger partial charge in [-0.1, -0.05) is 29.8 Å². The standard InChI is InChI=1S/C23H24ClN3O5S2/c1-33(29,30)27(21-13-9-18(24)10-14-21)17-5-8-23(28)25-19-11-15-22(16-12-19)34(31,32)26-20-6-3-2-4-7-20/h2-4,6-7,9-16,26H,5,8,17H2,1H3,(H,25,28). The molecule has 8 nitrogen and oxygen atoms in total. The molecule has 3 aromatic rings. The maximum absolute atomic E-state index is 12.5. The number of hydrogen-bond donors (Lipinski definition) is 2. The Morgan fingerprint density at radius 1 is 0.853 bits per heavy atom. The Kier molecular flexibility index (Phi) is 8.19. The number of nitrogens with one attached hydrogen (secondary N) is 2. The third-order valence-corrected chi connectivity index (χ3v) is 7.60. The molecule has 0 aliphatic rings. The van der Waals surface area contributed by atoms with E-state index in [4.69, 9.17) is 11.6 Å². The van der Waals surface area contributed by atoms with Crippen LogP contribution in [0.1, 0.15) is 12.8 Å². The number of hydrogen-bond acceptors (Lipinski definition) is 5. The first-order chi connectivity index (χ1) is 16.0. The van der Waals surface area contributed by atoms with Gasteiger partial charge in [0.15, 0.2) is 0 Å². The number of rotatable bonds is 10. The van der Waals surface area contributed by atoms with Crippen molar-refractivity contribution in [2.24, 2.45) is 0 Å². The second-order valence-corrected chi connectivity index (χ2v) is 11.5. The molecule has 0 atom stereocenters. The molecule has 11 heteroatoms. The van der Waals surface area contributed by atoms with Gasteiger partial charge in [0, 0.05) is 29.4 Å². The Labute approximate surface area is 204 Å². The summed E-state index contributed by atoms with van der Waals surface area (Å²) >= 11 is 5.87. The van der Waals surface area contributed by atoms with Crippen LogP contribution >= 0.6 is 11.6 Å². The molecule has 0 radical (unpaired) electrons. The van der Waals surface area contributed by atoms with E-state index in [-0.39, 0.29) is 30.2 Å². The predicted molar refractivity (Wildman–Crippen MR) is 135 cm³/mol. The van der Waals surface area contributed by atoms with Gasteiger partial charge in [-0.15, -0.1) is 0 Å². The number of nitrogens with zero attached hydrogens (tertiary/aromatic N) is 1. The van der Waals surface area contributed by atoms with Crippen LogP contribution in [0.2, 0.25) is 5.02 Å². The van der Waals surface area contributed by atoms with E-state index in [2.05, 4.69) is 10.0 Å². The monoisotopic (exact) mass is 521 g/mol. The number of sulfonamides is 2. The highest BCUT2D eigenvalue weighted by Crippen LogP contribution is 2.21. The molecule has 2 N–H and O–H groups in total. The molecule has 34 heavy (non-hydrogen) atoms. The summed E-state index contributed by atoms with van der Waals surface area (Å²) in [6.45, 7) is 0.121. The first kappa shape index (κ1) is 25.5. The Balaban J connectivity index is 1.56. The number of carbonyl (C=O) groups is 1. The van der Waals surface area contributed by atoms with Crippen molar-refractivity contribution in [1.29, 1.82) is 0 Å². The number of halogens is 1. The summed E-state index contributed by atoms with van der Waals surface area (Å²) in [7, 11) is -7.29. The molecular formula is C23H24ClN3O5S2. The van der Waals surface area contributed by atoms with Crippen molar-refractivity contribution in [1.82, 2.24) is 0 Å². The Morgan fingerprint density at radius 3 is 2.06 bits per heavy atom. The lowest BCUT2D eigenvalue weighted by Gasteiger charge is -2.22. The van der Waals surface area contributed by atoms with Gasteiger partial charge in [0.05, 0.1) is 16.8 Å². The van der Waals surface area contributed by atoms with Gasteiger partial charge in [0.25, 0.3) is 10.0 Å². The molecule has 0 heterocycles. The van der Waals surface area contributed by atoms with E-state index in [1.165, 1.54) is 28.6 Å². The molecule has 0 unspecified atom stereocenters. The molecular weight excluding hydrogens is 498 g/mol. The van der Waals surface area contributed by atoms with Gasteiger partial charge >= 0.3 is 0 Å². The lowest BCUT2D eigenvalue weighted by Crippen LogP contribution is -2.31. The third-order valence-electron chi connectivity index (χ3n) is 4.75. The predicted octanol–water partition coefficient (Wildman–Crippen LogP) is 4.33. The van der Waals surface area contributed by atoms with Crippen molar-refractivity contribution >= 4 is 54.6 Å². The molecule has 0 saturated heterocycles. The summed E-state index contributed by atoms with van der Waals surface area (Å²) in [5.74, 6) is -0.317. The van der Waals surface area contributed by atoms with Gasteiger partial charge in [-0.05, 0) is 67.1 Å². The first-order valence-corrected chi connectivity index (χ1v) is 14.0. The molecule has 180 valence electrons. The lowest BCUT2D eigenvalue weighted by atomic mass is 10.2. The van der Waals surface area contributed by atoms with Gasteiger partial charge in [0.1, 0.15) is 0 Å². The van der Waals surface area contributed by atoms with E-state index in [0.29, 0.717) is 22.1 Å². The smallest absolute Gasteiger partial charge is 0.261 e. The van der Waals surface area contributed by atoms with E-state index in [0.717, 1.165) is 6.26 Å². The molecule has 0 saturated carbocycles. The van der Waals surface area contributed by atoms with Crippen LogP contribution in [-0.2, 0) is 24.8 Å². The third kappa shape index (κ3) is 7.21.